The maximum atomic E-state index is 14.1. The first-order valence-corrected chi connectivity index (χ1v) is 18.0. The zero-order chi connectivity index (χ0) is 35.2. The molecule has 51 heavy (non-hydrogen) atoms. The van der Waals surface area contributed by atoms with E-state index in [-0.39, 0.29) is 29.5 Å². The van der Waals surface area contributed by atoms with Crippen molar-refractivity contribution < 1.29 is 19.5 Å². The van der Waals surface area contributed by atoms with Gasteiger partial charge in [0, 0.05) is 43.9 Å². The van der Waals surface area contributed by atoms with Gasteiger partial charge in [0.15, 0.2) is 0 Å². The minimum absolute atomic E-state index is 0.0805. The Morgan fingerprint density at radius 3 is 2.35 bits per heavy atom. The minimum atomic E-state index is -0.620. The number of likely N-dealkylation sites (tertiary alicyclic amines) is 1. The molecule has 7 rings (SSSR count). The van der Waals surface area contributed by atoms with Crippen LogP contribution < -0.4 is 20.9 Å². The molecule has 0 saturated carbocycles. The Bertz CT molecular complexity index is 1840. The summed E-state index contributed by atoms with van der Waals surface area (Å²) >= 11 is 0. The van der Waals surface area contributed by atoms with Gasteiger partial charge in [-0.1, -0.05) is 54.6 Å². The number of anilines is 2. The summed E-state index contributed by atoms with van der Waals surface area (Å²) in [6.45, 7) is 4.73. The van der Waals surface area contributed by atoms with Gasteiger partial charge in [0.1, 0.15) is 11.8 Å². The van der Waals surface area contributed by atoms with Gasteiger partial charge in [-0.2, -0.15) is 10.2 Å². The molecule has 0 unspecified atom stereocenters. The Hall–Kier alpha value is -5.29. The molecule has 3 aliphatic rings. The Balaban J connectivity index is 0.912. The maximum Gasteiger partial charge on any atom is 0.249 e. The second-order valence-electron chi connectivity index (χ2n) is 13.9. The van der Waals surface area contributed by atoms with E-state index in [1.54, 1.807) is 18.3 Å². The second kappa shape index (κ2) is 15.3. The van der Waals surface area contributed by atoms with Crippen molar-refractivity contribution in [3.05, 3.63) is 102 Å². The van der Waals surface area contributed by atoms with Gasteiger partial charge in [0.25, 0.3) is 0 Å². The number of aromatic hydroxyl groups is 1. The number of imide groups is 1. The zero-order valence-electron chi connectivity index (χ0n) is 28.8. The van der Waals surface area contributed by atoms with Crippen molar-refractivity contribution in [2.45, 2.75) is 55.9 Å². The van der Waals surface area contributed by atoms with E-state index < -0.39 is 5.41 Å². The van der Waals surface area contributed by atoms with Crippen LogP contribution in [0.1, 0.15) is 55.6 Å². The van der Waals surface area contributed by atoms with Gasteiger partial charge in [-0.3, -0.25) is 19.7 Å². The van der Waals surface area contributed by atoms with Crippen molar-refractivity contribution >= 4 is 29.1 Å². The van der Waals surface area contributed by atoms with Crippen molar-refractivity contribution in [2.24, 2.45) is 0 Å². The summed E-state index contributed by atoms with van der Waals surface area (Å²) in [5.74, 6) is 0.240. The van der Waals surface area contributed by atoms with Gasteiger partial charge in [0.05, 0.1) is 23.0 Å². The lowest BCUT2D eigenvalue weighted by atomic mass is 9.72. The number of amides is 3. The molecular formula is C40H45N7O4. The molecule has 1 atom stereocenters. The van der Waals surface area contributed by atoms with E-state index in [0.29, 0.717) is 62.5 Å². The van der Waals surface area contributed by atoms with E-state index in [4.69, 9.17) is 0 Å². The van der Waals surface area contributed by atoms with E-state index in [1.165, 1.54) is 5.56 Å². The number of nitrogens with zero attached hydrogens (tertiary/aromatic N) is 4. The number of phenols is 1. The molecule has 3 saturated heterocycles. The van der Waals surface area contributed by atoms with Gasteiger partial charge >= 0.3 is 0 Å². The molecule has 3 aliphatic heterocycles. The highest BCUT2D eigenvalue weighted by Gasteiger charge is 2.43. The topological polar surface area (TPSA) is 140 Å². The number of phenolic OH excluding ortho intramolecular Hbond substituents is 1. The Labute approximate surface area is 298 Å². The Morgan fingerprint density at radius 2 is 1.63 bits per heavy atom. The first-order chi connectivity index (χ1) is 24.9. The molecular weight excluding hydrogens is 642 g/mol. The Morgan fingerprint density at radius 1 is 0.902 bits per heavy atom. The number of nitrogens with one attached hydrogen (secondary N) is 3. The second-order valence-corrected chi connectivity index (χ2v) is 13.9. The first-order valence-electron chi connectivity index (χ1n) is 18.0. The molecule has 3 aromatic carbocycles. The summed E-state index contributed by atoms with van der Waals surface area (Å²) in [4.78, 5) is 42.3. The van der Waals surface area contributed by atoms with Crippen LogP contribution in [0.2, 0.25) is 0 Å². The average molecular weight is 688 g/mol. The number of rotatable bonds is 10. The van der Waals surface area contributed by atoms with Gasteiger partial charge in [-0.05, 0) is 92.6 Å². The molecule has 4 N–H and O–H groups in total. The van der Waals surface area contributed by atoms with Crippen molar-refractivity contribution in [1.82, 2.24) is 25.7 Å². The standard InChI is InChI=1S/C40H45N7O4/c48-36-9-5-4-8-33(36)35-26-32(27-42-45-35)47-23-18-40(19-24-47,30-6-2-1-3-7-30)39(51)41-20-25-46-21-16-29(17-22-46)28-10-12-31(13-11-28)43-34-14-15-37(49)44-38(34)50/h1-13,26-27,29,34,43,48H,14-25H2,(H,41,51)(H,44,49,50)/t34-/m1/s1. The molecule has 3 fully saturated rings. The number of aromatic nitrogens is 2. The highest BCUT2D eigenvalue weighted by Crippen LogP contribution is 2.38. The van der Waals surface area contributed by atoms with Gasteiger partial charge < -0.3 is 25.5 Å². The fourth-order valence-corrected chi connectivity index (χ4v) is 7.77. The SMILES string of the molecule is O=C1CC[C@@H](Nc2ccc(C3CCN(CCNC(=O)C4(c5ccccc5)CCN(c5cnnc(-c6ccccc6O)c5)CC4)CC3)cc2)C(=O)N1. The van der Waals surface area contributed by atoms with Crippen LogP contribution >= 0.6 is 0 Å². The number of carbonyl (C=O) groups is 3. The van der Waals surface area contributed by atoms with Crippen LogP contribution in [-0.2, 0) is 19.8 Å². The quantitative estimate of drug-likeness (QED) is 0.176. The summed E-state index contributed by atoms with van der Waals surface area (Å²) in [6.07, 6.45) is 6.05. The molecule has 11 nitrogen and oxygen atoms in total. The van der Waals surface area contributed by atoms with Crippen molar-refractivity contribution in [2.75, 3.05) is 49.5 Å². The third-order valence-corrected chi connectivity index (χ3v) is 10.8. The molecule has 4 aromatic rings. The highest BCUT2D eigenvalue weighted by molar-refractivity contribution is 6.01. The molecule has 1 aromatic heterocycles. The minimum Gasteiger partial charge on any atom is -0.507 e. The van der Waals surface area contributed by atoms with Crippen LogP contribution in [0.15, 0.2) is 91.1 Å². The number of hydrogen-bond donors (Lipinski definition) is 4. The smallest absolute Gasteiger partial charge is 0.249 e. The van der Waals surface area contributed by atoms with Crippen molar-refractivity contribution in [3.63, 3.8) is 0 Å². The predicted molar refractivity (Wildman–Crippen MR) is 196 cm³/mol. The molecule has 0 radical (unpaired) electrons. The monoisotopic (exact) mass is 687 g/mol. The molecule has 0 spiro atoms. The fourth-order valence-electron chi connectivity index (χ4n) is 7.77. The molecule has 11 heteroatoms. The maximum absolute atomic E-state index is 14.1. The number of para-hydroxylation sites is 1. The van der Waals surface area contributed by atoms with Crippen molar-refractivity contribution in [1.29, 1.82) is 0 Å². The van der Waals surface area contributed by atoms with E-state index in [9.17, 15) is 19.5 Å². The van der Waals surface area contributed by atoms with E-state index in [0.717, 1.165) is 49.4 Å². The molecule has 0 aliphatic carbocycles. The van der Waals surface area contributed by atoms with Crippen LogP contribution in [0, 0.1) is 0 Å². The molecule has 264 valence electrons. The lowest BCUT2D eigenvalue weighted by molar-refractivity contribution is -0.133. The number of carbonyl (C=O) groups excluding carboxylic acids is 3. The summed E-state index contributed by atoms with van der Waals surface area (Å²) in [5, 5.41) is 27.8. The molecule has 0 bridgehead atoms. The summed E-state index contributed by atoms with van der Waals surface area (Å²) in [5.41, 5.74) is 4.78. The van der Waals surface area contributed by atoms with Crippen LogP contribution in [-0.4, -0.2) is 83.2 Å². The average Bonchev–Trinajstić information content (AvgIpc) is 3.17. The van der Waals surface area contributed by atoms with Gasteiger partial charge in [-0.25, -0.2) is 0 Å². The zero-order valence-corrected chi connectivity index (χ0v) is 28.8. The molecule has 4 heterocycles. The highest BCUT2D eigenvalue weighted by atomic mass is 16.3. The number of hydrogen-bond acceptors (Lipinski definition) is 9. The third kappa shape index (κ3) is 7.73. The Kier molecular flexibility index (Phi) is 10.3. The van der Waals surface area contributed by atoms with Crippen LogP contribution in [0.5, 0.6) is 5.75 Å². The third-order valence-electron chi connectivity index (χ3n) is 10.8. The summed E-state index contributed by atoms with van der Waals surface area (Å²) in [6, 6.07) is 27.2. The van der Waals surface area contributed by atoms with E-state index >= 15 is 0 Å². The van der Waals surface area contributed by atoms with Crippen molar-refractivity contribution in [3.8, 4) is 17.0 Å². The van der Waals surface area contributed by atoms with Gasteiger partial charge in [0.2, 0.25) is 17.7 Å². The molecule has 3 amide bonds. The summed E-state index contributed by atoms with van der Waals surface area (Å²) in [7, 11) is 0. The van der Waals surface area contributed by atoms with Gasteiger partial charge in [-0.15, -0.1) is 0 Å². The van der Waals surface area contributed by atoms with E-state index in [1.807, 2.05) is 48.5 Å². The summed E-state index contributed by atoms with van der Waals surface area (Å²) < 4.78 is 0. The van der Waals surface area contributed by atoms with Crippen LogP contribution in [0.4, 0.5) is 11.4 Å². The predicted octanol–water partition coefficient (Wildman–Crippen LogP) is 4.60. The number of piperidine rings is 3. The van der Waals surface area contributed by atoms with E-state index in [2.05, 4.69) is 60.2 Å². The normalized spacial score (nSPS) is 19.7. The largest absolute Gasteiger partial charge is 0.507 e. The number of benzene rings is 3. The first kappa shape index (κ1) is 34.2. The fraction of sp³-hybridized carbons (Fsp3) is 0.375. The lowest BCUT2D eigenvalue weighted by Gasteiger charge is -2.42. The van der Waals surface area contributed by atoms with Crippen LogP contribution in [0.25, 0.3) is 11.3 Å². The van der Waals surface area contributed by atoms with Crippen LogP contribution in [0.3, 0.4) is 0 Å². The lowest BCUT2D eigenvalue weighted by Crippen LogP contribution is -2.53.